The molecule has 6 nitrogen and oxygen atoms in total. The number of nitrogens with zero attached hydrogens (tertiary/aromatic N) is 1. The molecule has 25 heavy (non-hydrogen) atoms. The molecule has 136 valence electrons. The van der Waals surface area contributed by atoms with Gasteiger partial charge in [0, 0.05) is 30.6 Å². The molecular weight excluding hydrogens is 320 g/mol. The van der Waals surface area contributed by atoms with Gasteiger partial charge in [-0.25, -0.2) is 0 Å². The van der Waals surface area contributed by atoms with Gasteiger partial charge in [0.05, 0.1) is 5.92 Å². The highest BCUT2D eigenvalue weighted by atomic mass is 16.4. The molecule has 1 atom stereocenters. The summed E-state index contributed by atoms with van der Waals surface area (Å²) in [6, 6.07) is 9.07. The number of hydrogen-bond acceptors (Lipinski definition) is 3. The molecule has 1 aliphatic heterocycles. The molecular formula is C19H26N2O4. The number of aliphatic carboxylic acids is 1. The first-order valence-corrected chi connectivity index (χ1v) is 8.67. The number of carboxylic acid groups (broad SMARTS) is 1. The lowest BCUT2D eigenvalue weighted by molar-refractivity contribution is -0.138. The quantitative estimate of drug-likeness (QED) is 0.827. The van der Waals surface area contributed by atoms with Crippen LogP contribution < -0.4 is 5.32 Å². The van der Waals surface area contributed by atoms with E-state index >= 15 is 0 Å². The van der Waals surface area contributed by atoms with E-state index in [-0.39, 0.29) is 24.2 Å². The van der Waals surface area contributed by atoms with Crippen LogP contribution >= 0.6 is 0 Å². The first-order valence-electron chi connectivity index (χ1n) is 8.67. The summed E-state index contributed by atoms with van der Waals surface area (Å²) in [5.74, 6) is -1.30. The number of rotatable bonds is 6. The van der Waals surface area contributed by atoms with E-state index in [1.165, 1.54) is 0 Å². The Morgan fingerprint density at radius 2 is 1.92 bits per heavy atom. The lowest BCUT2D eigenvalue weighted by Gasteiger charge is -2.34. The SMILES string of the molecule is CC(C)(CCC(=O)O)NC(=O)C1CCCN(C(=O)c2ccccc2)C1. The van der Waals surface area contributed by atoms with E-state index in [1.54, 1.807) is 17.0 Å². The Bertz CT molecular complexity index is 628. The number of carboxylic acids is 1. The molecule has 1 aliphatic rings. The number of benzene rings is 1. The Labute approximate surface area is 148 Å². The van der Waals surface area contributed by atoms with Gasteiger partial charge in [-0.3, -0.25) is 14.4 Å². The Morgan fingerprint density at radius 3 is 2.56 bits per heavy atom. The summed E-state index contributed by atoms with van der Waals surface area (Å²) in [5.41, 5.74) is 0.0478. The molecule has 1 aromatic rings. The minimum absolute atomic E-state index is 0.0105. The second-order valence-electron chi connectivity index (χ2n) is 7.22. The van der Waals surface area contributed by atoms with Crippen LogP contribution in [0.15, 0.2) is 30.3 Å². The third kappa shape index (κ3) is 5.59. The van der Waals surface area contributed by atoms with Crippen LogP contribution in [-0.2, 0) is 9.59 Å². The lowest BCUT2D eigenvalue weighted by Crippen LogP contribution is -2.51. The Balaban J connectivity index is 1.95. The number of amides is 2. The Kier molecular flexibility index (Phi) is 6.17. The van der Waals surface area contributed by atoms with Crippen LogP contribution in [0.2, 0.25) is 0 Å². The molecule has 6 heteroatoms. The van der Waals surface area contributed by atoms with E-state index in [1.807, 2.05) is 32.0 Å². The molecule has 0 radical (unpaired) electrons. The Hall–Kier alpha value is -2.37. The highest BCUT2D eigenvalue weighted by Crippen LogP contribution is 2.21. The van der Waals surface area contributed by atoms with Gasteiger partial charge in [-0.05, 0) is 45.2 Å². The summed E-state index contributed by atoms with van der Waals surface area (Å²) in [6.07, 6.45) is 1.90. The number of carbonyl (C=O) groups excluding carboxylic acids is 2. The average Bonchev–Trinajstić information content (AvgIpc) is 2.60. The first kappa shape index (κ1) is 19.0. The predicted molar refractivity (Wildman–Crippen MR) is 94.2 cm³/mol. The van der Waals surface area contributed by atoms with Crippen molar-refractivity contribution in [1.82, 2.24) is 10.2 Å². The number of likely N-dealkylation sites (tertiary alicyclic amines) is 1. The van der Waals surface area contributed by atoms with E-state index in [9.17, 15) is 14.4 Å². The van der Waals surface area contributed by atoms with E-state index in [0.29, 0.717) is 25.1 Å². The minimum atomic E-state index is -0.875. The normalized spacial score (nSPS) is 17.8. The topological polar surface area (TPSA) is 86.7 Å². The van der Waals surface area contributed by atoms with Crippen LogP contribution in [0.1, 0.15) is 49.9 Å². The highest BCUT2D eigenvalue weighted by molar-refractivity contribution is 5.94. The maximum Gasteiger partial charge on any atom is 0.303 e. The van der Waals surface area contributed by atoms with E-state index < -0.39 is 11.5 Å². The zero-order chi connectivity index (χ0) is 18.4. The molecule has 1 aromatic carbocycles. The third-order valence-electron chi connectivity index (χ3n) is 4.53. The molecule has 0 aliphatic carbocycles. The van der Waals surface area contributed by atoms with Crippen molar-refractivity contribution in [3.63, 3.8) is 0 Å². The summed E-state index contributed by atoms with van der Waals surface area (Å²) in [4.78, 5) is 37.6. The molecule has 1 unspecified atom stereocenters. The van der Waals surface area contributed by atoms with Crippen molar-refractivity contribution < 1.29 is 19.5 Å². The van der Waals surface area contributed by atoms with Gasteiger partial charge < -0.3 is 15.3 Å². The van der Waals surface area contributed by atoms with Gasteiger partial charge in [-0.15, -0.1) is 0 Å². The molecule has 0 aromatic heterocycles. The van der Waals surface area contributed by atoms with Gasteiger partial charge in [0.1, 0.15) is 0 Å². The fourth-order valence-corrected chi connectivity index (χ4v) is 3.06. The largest absolute Gasteiger partial charge is 0.481 e. The van der Waals surface area contributed by atoms with E-state index in [4.69, 9.17) is 5.11 Å². The van der Waals surface area contributed by atoms with Crippen molar-refractivity contribution in [2.24, 2.45) is 5.92 Å². The number of nitrogens with one attached hydrogen (secondary N) is 1. The molecule has 2 amide bonds. The molecule has 2 rings (SSSR count). The third-order valence-corrected chi connectivity index (χ3v) is 4.53. The fraction of sp³-hybridized carbons (Fsp3) is 0.526. The Morgan fingerprint density at radius 1 is 1.24 bits per heavy atom. The summed E-state index contributed by atoms with van der Waals surface area (Å²) in [5, 5.41) is 11.7. The average molecular weight is 346 g/mol. The molecule has 1 heterocycles. The zero-order valence-corrected chi connectivity index (χ0v) is 14.8. The van der Waals surface area contributed by atoms with Gasteiger partial charge in [0.15, 0.2) is 0 Å². The smallest absolute Gasteiger partial charge is 0.303 e. The molecule has 0 spiro atoms. The molecule has 1 saturated heterocycles. The van der Waals surface area contributed by atoms with Gasteiger partial charge >= 0.3 is 5.97 Å². The summed E-state index contributed by atoms with van der Waals surface area (Å²) in [7, 11) is 0. The standard InChI is InChI=1S/C19H26N2O4/c1-19(2,11-10-16(22)23)20-17(24)15-9-6-12-21(13-15)18(25)14-7-4-3-5-8-14/h3-5,7-8,15H,6,9-13H2,1-2H3,(H,20,24)(H,22,23). The van der Waals surface area contributed by atoms with Crippen molar-refractivity contribution in [3.05, 3.63) is 35.9 Å². The fourth-order valence-electron chi connectivity index (χ4n) is 3.06. The van der Waals surface area contributed by atoms with Gasteiger partial charge in [-0.2, -0.15) is 0 Å². The maximum absolute atomic E-state index is 12.6. The van der Waals surface area contributed by atoms with Gasteiger partial charge in [-0.1, -0.05) is 18.2 Å². The zero-order valence-electron chi connectivity index (χ0n) is 14.8. The van der Waals surface area contributed by atoms with Crippen molar-refractivity contribution in [2.45, 2.75) is 45.1 Å². The molecule has 1 fully saturated rings. The summed E-state index contributed by atoms with van der Waals surface area (Å²) < 4.78 is 0. The first-order chi connectivity index (χ1) is 11.8. The van der Waals surface area contributed by atoms with Crippen molar-refractivity contribution in [1.29, 1.82) is 0 Å². The van der Waals surface area contributed by atoms with E-state index in [0.717, 1.165) is 12.8 Å². The molecule has 2 N–H and O–H groups in total. The molecule has 0 saturated carbocycles. The number of piperidine rings is 1. The van der Waals surface area contributed by atoms with Crippen molar-refractivity contribution in [3.8, 4) is 0 Å². The number of hydrogen-bond donors (Lipinski definition) is 2. The van der Waals surface area contributed by atoms with Crippen LogP contribution in [0.25, 0.3) is 0 Å². The molecule has 0 bridgehead atoms. The lowest BCUT2D eigenvalue weighted by atomic mass is 9.93. The van der Waals surface area contributed by atoms with Crippen LogP contribution in [0.5, 0.6) is 0 Å². The van der Waals surface area contributed by atoms with Crippen LogP contribution in [-0.4, -0.2) is 46.4 Å². The van der Waals surface area contributed by atoms with Crippen molar-refractivity contribution in [2.75, 3.05) is 13.1 Å². The van der Waals surface area contributed by atoms with Crippen LogP contribution in [0, 0.1) is 5.92 Å². The van der Waals surface area contributed by atoms with E-state index in [2.05, 4.69) is 5.32 Å². The summed E-state index contributed by atoms with van der Waals surface area (Å²) in [6.45, 7) is 4.70. The second-order valence-corrected chi connectivity index (χ2v) is 7.22. The van der Waals surface area contributed by atoms with Crippen LogP contribution in [0.4, 0.5) is 0 Å². The maximum atomic E-state index is 12.6. The van der Waals surface area contributed by atoms with Crippen LogP contribution in [0.3, 0.4) is 0 Å². The summed E-state index contributed by atoms with van der Waals surface area (Å²) >= 11 is 0. The predicted octanol–water partition coefficient (Wildman–Crippen LogP) is 2.30. The minimum Gasteiger partial charge on any atom is -0.481 e. The monoisotopic (exact) mass is 346 g/mol. The van der Waals surface area contributed by atoms with Gasteiger partial charge in [0.25, 0.3) is 5.91 Å². The highest BCUT2D eigenvalue weighted by Gasteiger charge is 2.31. The van der Waals surface area contributed by atoms with Gasteiger partial charge in [0.2, 0.25) is 5.91 Å². The second kappa shape index (κ2) is 8.14. The number of carbonyl (C=O) groups is 3. The van der Waals surface area contributed by atoms with Crippen molar-refractivity contribution >= 4 is 17.8 Å².